The smallest absolute Gasteiger partial charge is 0.132 e. The molecule has 0 aliphatic carbocycles. The van der Waals surface area contributed by atoms with Crippen molar-refractivity contribution in [2.45, 2.75) is 38.2 Å². The minimum absolute atomic E-state index is 0.0675. The summed E-state index contributed by atoms with van der Waals surface area (Å²) in [5.74, 6) is 2.47. The lowest BCUT2D eigenvalue weighted by molar-refractivity contribution is -0.0153. The summed E-state index contributed by atoms with van der Waals surface area (Å²) in [6.45, 7) is 4.82. The van der Waals surface area contributed by atoms with Crippen LogP contribution >= 0.6 is 0 Å². The van der Waals surface area contributed by atoms with Gasteiger partial charge in [-0.25, -0.2) is 9.97 Å². The molecule has 126 valence electrons. The first-order chi connectivity index (χ1) is 11.7. The number of hydrogen-bond acceptors (Lipinski definition) is 5. The Morgan fingerprint density at radius 2 is 2.04 bits per heavy atom. The molecule has 1 spiro atoms. The van der Waals surface area contributed by atoms with Crippen LogP contribution in [0.2, 0.25) is 0 Å². The Bertz CT molecular complexity index is 683. The molecular formula is C19H24N4O. The Labute approximate surface area is 143 Å². The van der Waals surface area contributed by atoms with Crippen molar-refractivity contribution in [2.75, 3.05) is 24.6 Å². The van der Waals surface area contributed by atoms with Crippen molar-refractivity contribution in [1.29, 1.82) is 0 Å². The molecule has 2 saturated heterocycles. The maximum absolute atomic E-state index is 6.29. The Kier molecular flexibility index (Phi) is 4.19. The van der Waals surface area contributed by atoms with Gasteiger partial charge in [0.2, 0.25) is 0 Å². The van der Waals surface area contributed by atoms with Gasteiger partial charge in [0.15, 0.2) is 0 Å². The minimum atomic E-state index is 0.0675. The molecule has 1 atom stereocenters. The lowest BCUT2D eigenvalue weighted by Crippen LogP contribution is -2.44. The summed E-state index contributed by atoms with van der Waals surface area (Å²) in [5.41, 5.74) is 1.25. The molecule has 2 aliphatic rings. The number of ether oxygens (including phenoxy) is 1. The largest absolute Gasteiger partial charge is 0.375 e. The summed E-state index contributed by atoms with van der Waals surface area (Å²) >= 11 is 0. The van der Waals surface area contributed by atoms with Gasteiger partial charge in [0.1, 0.15) is 11.6 Å². The molecule has 4 heterocycles. The number of nitrogens with zero attached hydrogens (tertiary/aromatic N) is 4. The molecule has 0 amide bonds. The quantitative estimate of drug-likeness (QED) is 0.869. The van der Waals surface area contributed by atoms with Crippen LogP contribution in [0.5, 0.6) is 0 Å². The molecule has 2 aliphatic heterocycles. The van der Waals surface area contributed by atoms with Gasteiger partial charge < -0.3 is 9.64 Å². The number of piperidine rings is 1. The lowest BCUT2D eigenvalue weighted by Gasteiger charge is -2.39. The maximum atomic E-state index is 6.29. The Morgan fingerprint density at radius 1 is 1.17 bits per heavy atom. The Morgan fingerprint density at radius 3 is 2.79 bits per heavy atom. The molecule has 5 nitrogen and oxygen atoms in total. The third-order valence-corrected chi connectivity index (χ3v) is 5.27. The lowest BCUT2D eigenvalue weighted by atomic mass is 9.84. The van der Waals surface area contributed by atoms with E-state index in [4.69, 9.17) is 4.74 Å². The van der Waals surface area contributed by atoms with Crippen molar-refractivity contribution in [3.8, 4) is 0 Å². The molecule has 0 unspecified atom stereocenters. The van der Waals surface area contributed by atoms with Gasteiger partial charge in [-0.1, -0.05) is 6.07 Å². The van der Waals surface area contributed by atoms with E-state index < -0.39 is 0 Å². The summed E-state index contributed by atoms with van der Waals surface area (Å²) in [4.78, 5) is 15.5. The zero-order valence-corrected chi connectivity index (χ0v) is 14.2. The first kappa shape index (κ1) is 15.5. The highest BCUT2D eigenvalue weighted by Gasteiger charge is 2.42. The van der Waals surface area contributed by atoms with Gasteiger partial charge >= 0.3 is 0 Å². The number of aryl methyl sites for hydroxylation is 1. The fourth-order valence-electron chi connectivity index (χ4n) is 4.00. The molecule has 0 bridgehead atoms. The van der Waals surface area contributed by atoms with Crippen molar-refractivity contribution in [3.05, 3.63) is 48.2 Å². The van der Waals surface area contributed by atoms with E-state index in [1.54, 1.807) is 0 Å². The second-order valence-corrected chi connectivity index (χ2v) is 7.04. The zero-order valence-electron chi connectivity index (χ0n) is 14.2. The first-order valence-corrected chi connectivity index (χ1v) is 8.81. The molecule has 0 radical (unpaired) electrons. The molecule has 24 heavy (non-hydrogen) atoms. The van der Waals surface area contributed by atoms with E-state index in [0.717, 1.165) is 57.0 Å². The van der Waals surface area contributed by atoms with Crippen molar-refractivity contribution in [1.82, 2.24) is 15.0 Å². The molecule has 0 N–H and O–H groups in total. The third-order valence-electron chi connectivity index (χ3n) is 5.27. The SMILES string of the molecule is Cc1nccc(N2CCC3(CC2)C[C@@H](Cc2ccccn2)CO3)n1. The highest BCUT2D eigenvalue weighted by atomic mass is 16.5. The zero-order chi connectivity index (χ0) is 16.4. The van der Waals surface area contributed by atoms with E-state index in [0.29, 0.717) is 5.92 Å². The predicted molar refractivity (Wildman–Crippen MR) is 92.9 cm³/mol. The van der Waals surface area contributed by atoms with Crippen molar-refractivity contribution in [2.24, 2.45) is 5.92 Å². The van der Waals surface area contributed by atoms with E-state index >= 15 is 0 Å². The average molecular weight is 324 g/mol. The Balaban J connectivity index is 1.35. The fraction of sp³-hybridized carbons (Fsp3) is 0.526. The first-order valence-electron chi connectivity index (χ1n) is 8.81. The molecule has 0 saturated carbocycles. The van der Waals surface area contributed by atoms with Crippen LogP contribution in [0.3, 0.4) is 0 Å². The van der Waals surface area contributed by atoms with Crippen molar-refractivity contribution >= 4 is 5.82 Å². The van der Waals surface area contributed by atoms with Crippen LogP contribution in [-0.4, -0.2) is 40.2 Å². The highest BCUT2D eigenvalue weighted by Crippen LogP contribution is 2.40. The van der Waals surface area contributed by atoms with Crippen LogP contribution in [0.15, 0.2) is 36.7 Å². The molecule has 2 aromatic rings. The van der Waals surface area contributed by atoms with E-state index in [1.807, 2.05) is 31.5 Å². The van der Waals surface area contributed by atoms with Crippen LogP contribution in [-0.2, 0) is 11.2 Å². The molecule has 0 aromatic carbocycles. The summed E-state index contributed by atoms with van der Waals surface area (Å²) in [6.07, 6.45) is 8.06. The number of rotatable bonds is 3. The van der Waals surface area contributed by atoms with Gasteiger partial charge in [0.25, 0.3) is 0 Å². The van der Waals surface area contributed by atoms with E-state index in [1.165, 1.54) is 5.69 Å². The second kappa shape index (κ2) is 6.48. The topological polar surface area (TPSA) is 51.1 Å². The molecule has 2 aromatic heterocycles. The minimum Gasteiger partial charge on any atom is -0.375 e. The number of aromatic nitrogens is 3. The van der Waals surface area contributed by atoms with Gasteiger partial charge in [0.05, 0.1) is 12.2 Å². The highest BCUT2D eigenvalue weighted by molar-refractivity contribution is 5.38. The summed E-state index contributed by atoms with van der Waals surface area (Å²) in [7, 11) is 0. The van der Waals surface area contributed by atoms with Crippen LogP contribution in [0.4, 0.5) is 5.82 Å². The van der Waals surface area contributed by atoms with Crippen molar-refractivity contribution in [3.63, 3.8) is 0 Å². The summed E-state index contributed by atoms with van der Waals surface area (Å²) in [5, 5.41) is 0. The van der Waals surface area contributed by atoms with Gasteiger partial charge in [-0.15, -0.1) is 0 Å². The number of pyridine rings is 1. The van der Waals surface area contributed by atoms with Gasteiger partial charge in [-0.2, -0.15) is 0 Å². The monoisotopic (exact) mass is 324 g/mol. The average Bonchev–Trinajstić information content (AvgIpc) is 2.99. The van der Waals surface area contributed by atoms with E-state index in [2.05, 4.69) is 32.0 Å². The van der Waals surface area contributed by atoms with Crippen LogP contribution in [0.25, 0.3) is 0 Å². The van der Waals surface area contributed by atoms with Crippen LogP contribution < -0.4 is 4.90 Å². The number of hydrogen-bond donors (Lipinski definition) is 0. The van der Waals surface area contributed by atoms with Gasteiger partial charge in [-0.05, 0) is 56.7 Å². The molecular weight excluding hydrogens is 300 g/mol. The van der Waals surface area contributed by atoms with Gasteiger partial charge in [-0.3, -0.25) is 4.98 Å². The fourth-order valence-corrected chi connectivity index (χ4v) is 4.00. The normalized spacial score (nSPS) is 22.9. The van der Waals surface area contributed by atoms with Gasteiger partial charge in [0, 0.05) is 31.2 Å². The molecule has 2 fully saturated rings. The van der Waals surface area contributed by atoms with Crippen molar-refractivity contribution < 1.29 is 4.74 Å². The molecule has 5 heteroatoms. The standard InChI is InChI=1S/C19H24N4O/c1-15-20-9-5-18(22-15)23-10-6-19(7-11-23)13-16(14-24-19)12-17-4-2-3-8-21-17/h2-5,8-9,16H,6-7,10-14H2,1H3/t16-/m1/s1. The Hall–Kier alpha value is -2.01. The van der Waals surface area contributed by atoms with Crippen LogP contribution in [0, 0.1) is 12.8 Å². The van der Waals surface area contributed by atoms with E-state index in [-0.39, 0.29) is 5.60 Å². The second-order valence-electron chi connectivity index (χ2n) is 7.04. The predicted octanol–water partition coefficient (Wildman–Crippen LogP) is 2.80. The third kappa shape index (κ3) is 3.26. The summed E-state index contributed by atoms with van der Waals surface area (Å²) < 4.78 is 6.29. The maximum Gasteiger partial charge on any atom is 0.132 e. The number of anilines is 1. The van der Waals surface area contributed by atoms with Crippen LogP contribution in [0.1, 0.15) is 30.8 Å². The molecule has 4 rings (SSSR count). The van der Waals surface area contributed by atoms with E-state index in [9.17, 15) is 0 Å². The summed E-state index contributed by atoms with van der Waals surface area (Å²) in [6, 6.07) is 8.16.